The van der Waals surface area contributed by atoms with Crippen molar-refractivity contribution in [2.75, 3.05) is 5.75 Å². The molecule has 0 atom stereocenters. The van der Waals surface area contributed by atoms with E-state index in [0.29, 0.717) is 22.4 Å². The van der Waals surface area contributed by atoms with Crippen molar-refractivity contribution in [3.63, 3.8) is 0 Å². The third-order valence-electron chi connectivity index (χ3n) is 4.40. The Labute approximate surface area is 146 Å². The van der Waals surface area contributed by atoms with Gasteiger partial charge in [0.2, 0.25) is 5.91 Å². The summed E-state index contributed by atoms with van der Waals surface area (Å²) >= 11 is 1.35. The maximum atomic E-state index is 12.1. The molecule has 0 spiro atoms. The van der Waals surface area contributed by atoms with Crippen molar-refractivity contribution in [2.45, 2.75) is 50.6 Å². The third kappa shape index (κ3) is 3.70. The van der Waals surface area contributed by atoms with Gasteiger partial charge in [-0.2, -0.15) is 5.26 Å². The fourth-order valence-corrected chi connectivity index (χ4v) is 4.07. The lowest BCUT2D eigenvalue weighted by Crippen LogP contribution is -2.33. The fourth-order valence-electron chi connectivity index (χ4n) is 3.30. The van der Waals surface area contributed by atoms with Gasteiger partial charge in [0.05, 0.1) is 16.8 Å². The molecule has 1 amide bonds. The Balaban J connectivity index is 1.78. The summed E-state index contributed by atoms with van der Waals surface area (Å²) in [6, 6.07) is 8.53. The Morgan fingerprint density at radius 1 is 1.33 bits per heavy atom. The molecule has 0 bridgehead atoms. The summed E-state index contributed by atoms with van der Waals surface area (Å²) < 4.78 is 0. The number of thioether (sulfide) groups is 1. The molecular weight excluding hydrogens is 318 g/mol. The lowest BCUT2D eigenvalue weighted by molar-refractivity contribution is -0.119. The van der Waals surface area contributed by atoms with Gasteiger partial charge >= 0.3 is 0 Å². The predicted molar refractivity (Wildman–Crippen MR) is 97.1 cm³/mol. The summed E-state index contributed by atoms with van der Waals surface area (Å²) in [6.45, 7) is 4.06. The molecule has 1 saturated carbocycles. The fraction of sp³-hybridized carbons (Fsp3) is 0.421. The van der Waals surface area contributed by atoms with Gasteiger partial charge < -0.3 is 5.32 Å². The Kier molecular flexibility index (Phi) is 5.06. The first kappa shape index (κ1) is 16.8. The van der Waals surface area contributed by atoms with E-state index in [9.17, 15) is 10.1 Å². The van der Waals surface area contributed by atoms with E-state index in [1.54, 1.807) is 0 Å². The molecule has 1 N–H and O–H groups in total. The zero-order chi connectivity index (χ0) is 17.1. The summed E-state index contributed by atoms with van der Waals surface area (Å²) in [7, 11) is 0. The normalized spacial score (nSPS) is 14.7. The molecule has 5 heteroatoms. The van der Waals surface area contributed by atoms with Crippen LogP contribution >= 0.6 is 11.8 Å². The molecule has 1 aliphatic rings. The Hall–Kier alpha value is -2.06. The molecule has 0 radical (unpaired) electrons. The molecule has 0 unspecified atom stereocenters. The number of aromatic nitrogens is 1. The average Bonchev–Trinajstić information content (AvgIpc) is 3.05. The third-order valence-corrected chi connectivity index (χ3v) is 5.39. The number of nitrogens with zero attached hydrogens (tertiary/aromatic N) is 2. The van der Waals surface area contributed by atoms with Crippen molar-refractivity contribution < 1.29 is 4.79 Å². The van der Waals surface area contributed by atoms with Gasteiger partial charge in [0.25, 0.3) is 0 Å². The number of nitriles is 1. The van der Waals surface area contributed by atoms with E-state index in [1.807, 2.05) is 26.0 Å². The van der Waals surface area contributed by atoms with Crippen molar-refractivity contribution in [1.29, 1.82) is 5.26 Å². The zero-order valence-electron chi connectivity index (χ0n) is 14.1. The van der Waals surface area contributed by atoms with Crippen LogP contribution in [0.5, 0.6) is 0 Å². The van der Waals surface area contributed by atoms with Crippen LogP contribution < -0.4 is 5.32 Å². The number of amides is 1. The van der Waals surface area contributed by atoms with Gasteiger partial charge in [-0.05, 0) is 44.4 Å². The molecular formula is C19H21N3OS. The van der Waals surface area contributed by atoms with Crippen LogP contribution in [0.15, 0.2) is 23.2 Å². The van der Waals surface area contributed by atoms with E-state index in [4.69, 9.17) is 0 Å². The minimum Gasteiger partial charge on any atom is -0.353 e. The maximum Gasteiger partial charge on any atom is 0.230 e. The number of hydrogen-bond acceptors (Lipinski definition) is 4. The van der Waals surface area contributed by atoms with Gasteiger partial charge in [-0.1, -0.05) is 36.2 Å². The molecule has 3 rings (SSSR count). The first-order valence-electron chi connectivity index (χ1n) is 8.31. The molecule has 2 aromatic rings. The second-order valence-corrected chi connectivity index (χ2v) is 7.41. The minimum absolute atomic E-state index is 0.0262. The van der Waals surface area contributed by atoms with Crippen LogP contribution in [0.2, 0.25) is 0 Å². The first-order valence-corrected chi connectivity index (χ1v) is 9.29. The summed E-state index contributed by atoms with van der Waals surface area (Å²) in [5.74, 6) is 0.326. The van der Waals surface area contributed by atoms with Gasteiger partial charge in [-0.15, -0.1) is 0 Å². The van der Waals surface area contributed by atoms with Gasteiger partial charge in [0.1, 0.15) is 11.1 Å². The van der Waals surface area contributed by atoms with E-state index in [1.165, 1.54) is 24.6 Å². The minimum atomic E-state index is 0.0262. The highest BCUT2D eigenvalue weighted by molar-refractivity contribution is 8.00. The Morgan fingerprint density at radius 2 is 2.08 bits per heavy atom. The molecule has 124 valence electrons. The number of pyridine rings is 1. The highest BCUT2D eigenvalue weighted by Gasteiger charge is 2.18. The molecule has 1 aliphatic carbocycles. The van der Waals surface area contributed by atoms with Gasteiger partial charge in [0, 0.05) is 11.4 Å². The van der Waals surface area contributed by atoms with Crippen LogP contribution in [0.3, 0.4) is 0 Å². The summed E-state index contributed by atoms with van der Waals surface area (Å²) in [6.07, 6.45) is 4.54. The van der Waals surface area contributed by atoms with Crippen molar-refractivity contribution in [3.8, 4) is 6.07 Å². The van der Waals surface area contributed by atoms with Crippen LogP contribution in [0, 0.1) is 25.2 Å². The number of hydrogen-bond donors (Lipinski definition) is 1. The zero-order valence-corrected chi connectivity index (χ0v) is 14.9. The molecule has 0 saturated heterocycles. The lowest BCUT2D eigenvalue weighted by atomic mass is 10.1. The van der Waals surface area contributed by atoms with E-state index >= 15 is 0 Å². The number of carbonyl (C=O) groups is 1. The highest BCUT2D eigenvalue weighted by Crippen LogP contribution is 2.27. The molecule has 0 aliphatic heterocycles. The average molecular weight is 339 g/mol. The van der Waals surface area contributed by atoms with Crippen LogP contribution in [0.4, 0.5) is 0 Å². The van der Waals surface area contributed by atoms with E-state index in [2.05, 4.69) is 22.4 Å². The molecule has 1 fully saturated rings. The molecule has 24 heavy (non-hydrogen) atoms. The van der Waals surface area contributed by atoms with E-state index < -0.39 is 0 Å². The second-order valence-electron chi connectivity index (χ2n) is 6.44. The number of benzene rings is 1. The predicted octanol–water partition coefficient (Wildman–Crippen LogP) is 3.87. The molecule has 4 nitrogen and oxygen atoms in total. The van der Waals surface area contributed by atoms with Crippen LogP contribution in [0.25, 0.3) is 10.9 Å². The van der Waals surface area contributed by atoms with Crippen molar-refractivity contribution >= 4 is 28.6 Å². The maximum absolute atomic E-state index is 12.1. The van der Waals surface area contributed by atoms with Crippen molar-refractivity contribution in [3.05, 3.63) is 34.9 Å². The largest absolute Gasteiger partial charge is 0.353 e. The van der Waals surface area contributed by atoms with Gasteiger partial charge in [-0.25, -0.2) is 4.98 Å². The lowest BCUT2D eigenvalue weighted by Gasteiger charge is -2.12. The number of aryl methyl sites for hydroxylation is 2. The SMILES string of the molecule is Cc1cc(C)c2nc(SCC(=O)NC3CCCC3)c(C#N)cc2c1. The van der Waals surface area contributed by atoms with Crippen LogP contribution in [-0.4, -0.2) is 22.7 Å². The molecule has 1 aromatic heterocycles. The summed E-state index contributed by atoms with van der Waals surface area (Å²) in [4.78, 5) is 16.8. The molecule has 1 heterocycles. The van der Waals surface area contributed by atoms with Gasteiger partial charge in [0.15, 0.2) is 0 Å². The monoisotopic (exact) mass is 339 g/mol. The van der Waals surface area contributed by atoms with Crippen molar-refractivity contribution in [1.82, 2.24) is 10.3 Å². The van der Waals surface area contributed by atoms with Crippen LogP contribution in [0.1, 0.15) is 42.4 Å². The second kappa shape index (κ2) is 7.23. The Bertz CT molecular complexity index is 819. The van der Waals surface area contributed by atoms with E-state index in [0.717, 1.165) is 34.9 Å². The summed E-state index contributed by atoms with van der Waals surface area (Å²) in [5, 5.41) is 14.1. The highest BCUT2D eigenvalue weighted by atomic mass is 32.2. The number of fused-ring (bicyclic) bond motifs is 1. The van der Waals surface area contributed by atoms with Gasteiger partial charge in [-0.3, -0.25) is 4.79 Å². The number of nitrogens with one attached hydrogen (secondary N) is 1. The smallest absolute Gasteiger partial charge is 0.230 e. The first-order chi connectivity index (χ1) is 11.6. The standard InChI is InChI=1S/C19H21N3OS/c1-12-7-13(2)18-14(8-12)9-15(10-20)19(22-18)24-11-17(23)21-16-5-3-4-6-16/h7-9,16H,3-6,11H2,1-2H3,(H,21,23). The van der Waals surface area contributed by atoms with Crippen LogP contribution in [-0.2, 0) is 4.79 Å². The Morgan fingerprint density at radius 3 is 2.79 bits per heavy atom. The topological polar surface area (TPSA) is 65.8 Å². The quantitative estimate of drug-likeness (QED) is 0.859. The number of rotatable bonds is 4. The summed E-state index contributed by atoms with van der Waals surface area (Å²) in [5.41, 5.74) is 3.68. The molecule has 1 aromatic carbocycles. The number of carbonyl (C=O) groups excluding carboxylic acids is 1. The van der Waals surface area contributed by atoms with Crippen molar-refractivity contribution in [2.24, 2.45) is 0 Å². The van der Waals surface area contributed by atoms with E-state index in [-0.39, 0.29) is 5.91 Å².